The van der Waals surface area contributed by atoms with E-state index in [0.29, 0.717) is 16.6 Å². The molecule has 0 unspecified atom stereocenters. The topological polar surface area (TPSA) is 109 Å². The summed E-state index contributed by atoms with van der Waals surface area (Å²) in [6, 6.07) is 7.13. The van der Waals surface area contributed by atoms with E-state index in [4.69, 9.17) is 9.15 Å². The maximum atomic E-state index is 11.3. The lowest BCUT2D eigenvalue weighted by molar-refractivity contribution is -0.393. The standard InChI is InChI=1S/C14H9N5O4S2/c1-22-9-4-2-8(3-5-9)10-16-17-14(23-10)25-11-12(19(20)21)18-6-7-24-13(18)15-11/h2-7H,1H3. The first-order valence-electron chi connectivity index (χ1n) is 6.91. The third-order valence-corrected chi connectivity index (χ3v) is 4.87. The highest BCUT2D eigenvalue weighted by atomic mass is 32.2. The number of nitrogens with zero attached hydrogens (tertiary/aromatic N) is 5. The number of aromatic nitrogens is 4. The third kappa shape index (κ3) is 2.83. The van der Waals surface area contributed by atoms with Crippen LogP contribution in [0, 0.1) is 10.1 Å². The molecule has 4 rings (SSSR count). The average Bonchev–Trinajstić information content (AvgIpc) is 3.30. The molecule has 0 bridgehead atoms. The van der Waals surface area contributed by atoms with Crippen molar-refractivity contribution in [2.75, 3.05) is 7.11 Å². The van der Waals surface area contributed by atoms with Crippen LogP contribution >= 0.6 is 23.1 Å². The van der Waals surface area contributed by atoms with E-state index in [9.17, 15) is 10.1 Å². The van der Waals surface area contributed by atoms with Gasteiger partial charge in [0.25, 0.3) is 10.2 Å². The van der Waals surface area contributed by atoms with Crippen molar-refractivity contribution in [2.45, 2.75) is 10.2 Å². The maximum absolute atomic E-state index is 11.3. The summed E-state index contributed by atoms with van der Waals surface area (Å²) >= 11 is 2.28. The van der Waals surface area contributed by atoms with Gasteiger partial charge >= 0.3 is 5.82 Å². The van der Waals surface area contributed by atoms with Gasteiger partial charge in [0.1, 0.15) is 11.9 Å². The van der Waals surface area contributed by atoms with Crippen molar-refractivity contribution in [3.8, 4) is 17.2 Å². The number of imidazole rings is 1. The predicted octanol–water partition coefficient (Wildman–Crippen LogP) is 3.51. The molecule has 0 aliphatic rings. The largest absolute Gasteiger partial charge is 0.497 e. The van der Waals surface area contributed by atoms with Crippen LogP contribution in [0.25, 0.3) is 16.4 Å². The van der Waals surface area contributed by atoms with Crippen LogP contribution in [-0.2, 0) is 0 Å². The fourth-order valence-corrected chi connectivity index (χ4v) is 3.70. The van der Waals surface area contributed by atoms with Gasteiger partial charge in [0, 0.05) is 22.7 Å². The Balaban J connectivity index is 1.64. The summed E-state index contributed by atoms with van der Waals surface area (Å²) in [7, 11) is 1.58. The highest BCUT2D eigenvalue weighted by molar-refractivity contribution is 7.99. The molecule has 126 valence electrons. The van der Waals surface area contributed by atoms with Gasteiger partial charge in [0.2, 0.25) is 10.9 Å². The fourth-order valence-electron chi connectivity index (χ4n) is 2.17. The van der Waals surface area contributed by atoms with Crippen molar-refractivity contribution in [1.29, 1.82) is 0 Å². The van der Waals surface area contributed by atoms with E-state index in [2.05, 4.69) is 15.2 Å². The zero-order valence-electron chi connectivity index (χ0n) is 12.6. The highest BCUT2D eigenvalue weighted by Crippen LogP contribution is 2.36. The van der Waals surface area contributed by atoms with Gasteiger partial charge in [-0.1, -0.05) is 11.3 Å². The number of hydrogen-bond acceptors (Lipinski definition) is 9. The van der Waals surface area contributed by atoms with E-state index in [-0.39, 0.29) is 16.1 Å². The van der Waals surface area contributed by atoms with Crippen LogP contribution in [-0.4, -0.2) is 31.6 Å². The second-order valence-electron chi connectivity index (χ2n) is 4.76. The van der Waals surface area contributed by atoms with Crippen LogP contribution in [0.4, 0.5) is 5.82 Å². The van der Waals surface area contributed by atoms with Crippen LogP contribution in [0.1, 0.15) is 0 Å². The molecule has 0 aliphatic carbocycles. The van der Waals surface area contributed by atoms with Crippen LogP contribution in [0.3, 0.4) is 0 Å². The van der Waals surface area contributed by atoms with E-state index >= 15 is 0 Å². The molecule has 1 aromatic carbocycles. The lowest BCUT2D eigenvalue weighted by atomic mass is 10.2. The van der Waals surface area contributed by atoms with Gasteiger partial charge in [-0.15, -0.1) is 10.2 Å². The van der Waals surface area contributed by atoms with E-state index < -0.39 is 4.92 Å². The molecule has 0 saturated carbocycles. The van der Waals surface area contributed by atoms with Gasteiger partial charge in [0.05, 0.1) is 7.11 Å². The Hall–Kier alpha value is -2.92. The molecule has 0 aliphatic heterocycles. The number of thiazole rings is 1. The molecule has 3 aromatic heterocycles. The molecule has 25 heavy (non-hydrogen) atoms. The molecule has 9 nitrogen and oxygen atoms in total. The minimum Gasteiger partial charge on any atom is -0.497 e. The molecule has 4 aromatic rings. The van der Waals surface area contributed by atoms with Crippen LogP contribution in [0.5, 0.6) is 5.75 Å². The molecule has 0 saturated heterocycles. The van der Waals surface area contributed by atoms with E-state index in [1.54, 1.807) is 43.0 Å². The van der Waals surface area contributed by atoms with Crippen LogP contribution < -0.4 is 4.74 Å². The SMILES string of the molecule is COc1ccc(-c2nnc(Sc3nc4sccn4c3[N+](=O)[O-])o2)cc1. The molecule has 0 radical (unpaired) electrons. The quantitative estimate of drug-likeness (QED) is 0.385. The van der Waals surface area contributed by atoms with Gasteiger partial charge in [-0.05, 0) is 29.2 Å². The second-order valence-corrected chi connectivity index (χ2v) is 6.57. The van der Waals surface area contributed by atoms with Crippen molar-refractivity contribution >= 4 is 33.9 Å². The van der Waals surface area contributed by atoms with Gasteiger partial charge in [-0.2, -0.15) is 9.38 Å². The summed E-state index contributed by atoms with van der Waals surface area (Å²) in [5.74, 6) is 0.908. The van der Waals surface area contributed by atoms with Gasteiger partial charge in [-0.25, -0.2) is 0 Å². The van der Waals surface area contributed by atoms with E-state index in [0.717, 1.165) is 17.3 Å². The summed E-state index contributed by atoms with van der Waals surface area (Å²) in [4.78, 5) is 15.6. The predicted molar refractivity (Wildman–Crippen MR) is 90.1 cm³/mol. The molecule has 0 N–H and O–H groups in total. The summed E-state index contributed by atoms with van der Waals surface area (Å²) in [6.45, 7) is 0. The summed E-state index contributed by atoms with van der Waals surface area (Å²) < 4.78 is 12.1. The van der Waals surface area contributed by atoms with E-state index in [1.165, 1.54) is 15.7 Å². The van der Waals surface area contributed by atoms with Crippen molar-refractivity contribution in [3.63, 3.8) is 0 Å². The molecular formula is C14H9N5O4S2. The number of rotatable bonds is 5. The fraction of sp³-hybridized carbons (Fsp3) is 0.0714. The Morgan fingerprint density at radius 3 is 2.84 bits per heavy atom. The smallest absolute Gasteiger partial charge is 0.363 e. The van der Waals surface area contributed by atoms with Crippen molar-refractivity contribution in [1.82, 2.24) is 19.6 Å². The summed E-state index contributed by atoms with van der Waals surface area (Å²) in [6.07, 6.45) is 1.60. The number of ether oxygens (including phenoxy) is 1. The molecule has 11 heteroatoms. The number of hydrogen-bond donors (Lipinski definition) is 0. The van der Waals surface area contributed by atoms with Crippen LogP contribution in [0.15, 0.2) is 50.5 Å². The van der Waals surface area contributed by atoms with Gasteiger partial charge < -0.3 is 19.3 Å². The summed E-state index contributed by atoms with van der Waals surface area (Å²) in [5, 5.41) is 21.4. The normalized spacial score (nSPS) is 11.1. The monoisotopic (exact) mass is 375 g/mol. The van der Waals surface area contributed by atoms with Gasteiger partial charge in [-0.3, -0.25) is 0 Å². The first-order chi connectivity index (χ1) is 12.2. The third-order valence-electron chi connectivity index (χ3n) is 3.31. The Morgan fingerprint density at radius 1 is 1.32 bits per heavy atom. The average molecular weight is 375 g/mol. The van der Waals surface area contributed by atoms with Crippen LogP contribution in [0.2, 0.25) is 0 Å². The number of nitro groups is 1. The Labute approximate surface area is 148 Å². The zero-order valence-corrected chi connectivity index (χ0v) is 14.3. The molecule has 3 heterocycles. The first kappa shape index (κ1) is 15.6. The number of methoxy groups -OCH3 is 1. The Morgan fingerprint density at radius 2 is 2.12 bits per heavy atom. The first-order valence-corrected chi connectivity index (χ1v) is 8.61. The maximum Gasteiger partial charge on any atom is 0.363 e. The van der Waals surface area contributed by atoms with Crippen molar-refractivity contribution < 1.29 is 14.1 Å². The molecular weight excluding hydrogens is 366 g/mol. The lowest BCUT2D eigenvalue weighted by Crippen LogP contribution is -1.93. The van der Waals surface area contributed by atoms with E-state index in [1.807, 2.05) is 0 Å². The van der Waals surface area contributed by atoms with Gasteiger partial charge in [0.15, 0.2) is 0 Å². The highest BCUT2D eigenvalue weighted by Gasteiger charge is 2.26. The zero-order chi connectivity index (χ0) is 17.4. The second kappa shape index (κ2) is 6.18. The Kier molecular flexibility index (Phi) is 3.86. The molecule has 0 amide bonds. The minimum absolute atomic E-state index is 0.120. The summed E-state index contributed by atoms with van der Waals surface area (Å²) in [5.41, 5.74) is 0.723. The Bertz CT molecular complexity index is 1050. The molecule has 0 atom stereocenters. The lowest BCUT2D eigenvalue weighted by Gasteiger charge is -1.99. The molecule has 0 fully saturated rings. The number of benzene rings is 1. The minimum atomic E-state index is -0.476. The number of fused-ring (bicyclic) bond motifs is 1. The molecule has 0 spiro atoms. The van der Waals surface area contributed by atoms with Crippen molar-refractivity contribution in [3.05, 3.63) is 46.0 Å². The van der Waals surface area contributed by atoms with Crippen molar-refractivity contribution in [2.24, 2.45) is 0 Å².